The Morgan fingerprint density at radius 2 is 1.33 bits per heavy atom. The minimum absolute atomic E-state index is 1.09. The number of para-hydroxylation sites is 1. The Bertz CT molecular complexity index is 1310. The molecule has 1 heterocycles. The van der Waals surface area contributed by atoms with Crippen LogP contribution in [0.25, 0.3) is 0 Å². The van der Waals surface area contributed by atoms with Crippen molar-refractivity contribution in [3.05, 3.63) is 118 Å². The first-order valence-electron chi connectivity index (χ1n) is 12.0. The molecule has 9 rings (SSSR count). The highest BCUT2D eigenvalue weighted by Gasteiger charge is 2.20. The predicted octanol–water partition coefficient (Wildman–Crippen LogP) is 7.59. The summed E-state index contributed by atoms with van der Waals surface area (Å²) in [5.74, 6) is 0. The standard InChI is InChI=1S/C31H29NS/c1-32-28-4-2-3-5-30(28)33-31-21-25(15-19-29(31)32)14-18-27-20-24-11-10-22-6-8-23(9-7-22)12-16-26(27)17-13-24/h2-9,13,15,17,19-21H,10-12,14,16,18H2,1H3. The van der Waals surface area contributed by atoms with Crippen LogP contribution in [0.1, 0.15) is 33.4 Å². The van der Waals surface area contributed by atoms with Gasteiger partial charge in [0.15, 0.2) is 0 Å². The lowest BCUT2D eigenvalue weighted by Gasteiger charge is -2.29. The van der Waals surface area contributed by atoms with Crippen LogP contribution in [0.15, 0.2) is 94.7 Å². The maximum atomic E-state index is 2.49. The number of fused-ring (bicyclic) bond motifs is 2. The molecule has 0 fully saturated rings. The molecule has 2 heteroatoms. The smallest absolute Gasteiger partial charge is 0.0550 e. The third-order valence-electron chi connectivity index (χ3n) is 7.19. The molecule has 33 heavy (non-hydrogen) atoms. The number of anilines is 2. The molecular weight excluding hydrogens is 418 g/mol. The van der Waals surface area contributed by atoms with Crippen molar-refractivity contribution in [3.8, 4) is 0 Å². The van der Waals surface area contributed by atoms with Gasteiger partial charge in [-0.1, -0.05) is 72.4 Å². The van der Waals surface area contributed by atoms with E-state index in [2.05, 4.69) is 96.9 Å². The summed E-state index contributed by atoms with van der Waals surface area (Å²) in [7, 11) is 2.18. The lowest BCUT2D eigenvalue weighted by molar-refractivity contribution is 0.872. The molecule has 4 bridgehead atoms. The van der Waals surface area contributed by atoms with Crippen LogP contribution >= 0.6 is 11.8 Å². The highest BCUT2D eigenvalue weighted by Crippen LogP contribution is 2.47. The quantitative estimate of drug-likeness (QED) is 0.318. The highest BCUT2D eigenvalue weighted by molar-refractivity contribution is 7.99. The van der Waals surface area contributed by atoms with Gasteiger partial charge >= 0.3 is 0 Å². The number of hydrogen-bond donors (Lipinski definition) is 0. The fourth-order valence-electron chi connectivity index (χ4n) is 5.17. The summed E-state index contributed by atoms with van der Waals surface area (Å²) in [5.41, 5.74) is 11.5. The molecule has 164 valence electrons. The Hall–Kier alpha value is -2.97. The minimum Gasteiger partial charge on any atom is -0.343 e. The van der Waals surface area contributed by atoms with Crippen molar-refractivity contribution < 1.29 is 0 Å². The van der Waals surface area contributed by atoms with Crippen LogP contribution in [-0.4, -0.2) is 7.05 Å². The van der Waals surface area contributed by atoms with Gasteiger partial charge in [0.1, 0.15) is 0 Å². The largest absolute Gasteiger partial charge is 0.343 e. The van der Waals surface area contributed by atoms with Gasteiger partial charge in [-0.3, -0.25) is 0 Å². The monoisotopic (exact) mass is 447 g/mol. The first-order chi connectivity index (χ1) is 16.2. The van der Waals surface area contributed by atoms with Gasteiger partial charge in [-0.05, 0) is 96.2 Å². The van der Waals surface area contributed by atoms with E-state index in [-0.39, 0.29) is 0 Å². The van der Waals surface area contributed by atoms with Crippen molar-refractivity contribution in [2.75, 3.05) is 11.9 Å². The second kappa shape index (κ2) is 8.76. The molecule has 0 spiro atoms. The van der Waals surface area contributed by atoms with E-state index in [1.54, 1.807) is 0 Å². The number of hydrogen-bond acceptors (Lipinski definition) is 2. The number of rotatable bonds is 3. The van der Waals surface area contributed by atoms with E-state index in [4.69, 9.17) is 0 Å². The van der Waals surface area contributed by atoms with Gasteiger partial charge in [-0.2, -0.15) is 0 Å². The van der Waals surface area contributed by atoms with Crippen molar-refractivity contribution in [1.82, 2.24) is 0 Å². The van der Waals surface area contributed by atoms with E-state index in [0.717, 1.165) is 38.5 Å². The van der Waals surface area contributed by atoms with Crippen LogP contribution < -0.4 is 4.90 Å². The zero-order chi connectivity index (χ0) is 22.2. The third-order valence-corrected chi connectivity index (χ3v) is 8.31. The average Bonchev–Trinajstić information content (AvgIpc) is 2.85. The Morgan fingerprint density at radius 3 is 2.18 bits per heavy atom. The normalized spacial score (nSPS) is 14.4. The molecule has 0 N–H and O–H groups in total. The number of nitrogens with zero attached hydrogens (tertiary/aromatic N) is 1. The molecule has 0 amide bonds. The molecule has 0 radical (unpaired) electrons. The molecule has 0 atom stereocenters. The molecule has 0 saturated carbocycles. The summed E-state index contributed by atoms with van der Waals surface area (Å²) in [6, 6.07) is 32.3. The minimum atomic E-state index is 1.09. The molecule has 1 aliphatic heterocycles. The average molecular weight is 448 g/mol. The molecule has 0 unspecified atom stereocenters. The maximum absolute atomic E-state index is 2.49. The van der Waals surface area contributed by atoms with Gasteiger partial charge in [0.2, 0.25) is 0 Å². The van der Waals surface area contributed by atoms with Crippen molar-refractivity contribution in [2.24, 2.45) is 0 Å². The molecule has 0 saturated heterocycles. The fraction of sp³-hybridized carbons (Fsp3) is 0.226. The summed E-state index contributed by atoms with van der Waals surface area (Å²) >= 11 is 1.90. The van der Waals surface area contributed by atoms with Crippen molar-refractivity contribution >= 4 is 23.1 Å². The SMILES string of the molecule is CN1c2ccccc2Sc2cc(CCc3cc4ccc3CCc3ccc(cc3)CC4)ccc21. The van der Waals surface area contributed by atoms with Crippen molar-refractivity contribution in [1.29, 1.82) is 0 Å². The van der Waals surface area contributed by atoms with Crippen molar-refractivity contribution in [3.63, 3.8) is 0 Å². The lowest BCUT2D eigenvalue weighted by Crippen LogP contribution is -2.14. The molecule has 4 aromatic carbocycles. The Kier molecular flexibility index (Phi) is 5.47. The Morgan fingerprint density at radius 1 is 0.636 bits per heavy atom. The summed E-state index contributed by atoms with van der Waals surface area (Å²) < 4.78 is 0. The van der Waals surface area contributed by atoms with Gasteiger partial charge in [0.05, 0.1) is 11.4 Å². The van der Waals surface area contributed by atoms with E-state index >= 15 is 0 Å². The topological polar surface area (TPSA) is 3.24 Å². The van der Waals surface area contributed by atoms with Crippen LogP contribution in [0.5, 0.6) is 0 Å². The zero-order valence-corrected chi connectivity index (χ0v) is 20.0. The van der Waals surface area contributed by atoms with E-state index in [0.29, 0.717) is 0 Å². The molecule has 4 aliphatic carbocycles. The summed E-state index contributed by atoms with van der Waals surface area (Å²) in [4.78, 5) is 5.03. The fourth-order valence-corrected chi connectivity index (χ4v) is 6.39. The van der Waals surface area contributed by atoms with E-state index in [1.807, 2.05) is 11.8 Å². The van der Waals surface area contributed by atoms with Gasteiger partial charge < -0.3 is 4.90 Å². The summed E-state index contributed by atoms with van der Waals surface area (Å²) in [6.45, 7) is 0. The first kappa shape index (κ1) is 20.6. The first-order valence-corrected chi connectivity index (χ1v) is 12.9. The van der Waals surface area contributed by atoms with Crippen LogP contribution in [0.4, 0.5) is 11.4 Å². The van der Waals surface area contributed by atoms with Crippen LogP contribution in [-0.2, 0) is 38.5 Å². The van der Waals surface area contributed by atoms with Gasteiger partial charge in [0.25, 0.3) is 0 Å². The van der Waals surface area contributed by atoms with Crippen LogP contribution in [0, 0.1) is 0 Å². The van der Waals surface area contributed by atoms with Gasteiger partial charge in [-0.15, -0.1) is 0 Å². The number of aryl methyl sites for hydroxylation is 6. The van der Waals surface area contributed by atoms with Gasteiger partial charge in [0, 0.05) is 16.8 Å². The van der Waals surface area contributed by atoms with Gasteiger partial charge in [-0.25, -0.2) is 0 Å². The number of benzene rings is 4. The third kappa shape index (κ3) is 4.20. The van der Waals surface area contributed by atoms with E-state index in [9.17, 15) is 0 Å². The Balaban J connectivity index is 1.23. The van der Waals surface area contributed by atoms with Crippen LogP contribution in [0.2, 0.25) is 0 Å². The van der Waals surface area contributed by atoms with Crippen LogP contribution in [0.3, 0.4) is 0 Å². The maximum Gasteiger partial charge on any atom is 0.0550 e. The molecule has 1 nitrogen and oxygen atoms in total. The molecule has 5 aliphatic rings. The highest BCUT2D eigenvalue weighted by atomic mass is 32.2. The summed E-state index contributed by atoms with van der Waals surface area (Å²) in [6.07, 6.45) is 6.68. The second-order valence-corrected chi connectivity index (χ2v) is 10.4. The molecule has 4 aromatic rings. The van der Waals surface area contributed by atoms with Crippen molar-refractivity contribution in [2.45, 2.75) is 48.3 Å². The molecular formula is C31H29NS. The lowest BCUT2D eigenvalue weighted by atomic mass is 9.91. The van der Waals surface area contributed by atoms with E-state index < -0.39 is 0 Å². The second-order valence-electron chi connectivity index (χ2n) is 9.35. The predicted molar refractivity (Wildman–Crippen MR) is 140 cm³/mol. The molecule has 0 aromatic heterocycles. The summed E-state index contributed by atoms with van der Waals surface area (Å²) in [5, 5.41) is 0. The van der Waals surface area contributed by atoms with E-state index in [1.165, 1.54) is 54.5 Å². The zero-order valence-electron chi connectivity index (χ0n) is 19.2. The Labute approximate surface area is 201 Å².